The third-order valence-corrected chi connectivity index (χ3v) is 3.31. The molecule has 0 N–H and O–H groups in total. The van der Waals surface area contributed by atoms with Gasteiger partial charge in [0, 0.05) is 18.5 Å². The summed E-state index contributed by atoms with van der Waals surface area (Å²) in [5, 5.41) is 0. The van der Waals surface area contributed by atoms with Gasteiger partial charge in [-0.15, -0.1) is 0 Å². The first-order valence-electron chi connectivity index (χ1n) is 6.12. The Labute approximate surface area is 100 Å². The number of aromatic nitrogens is 2. The fraction of sp³-hybridized carbons (Fsp3) is 0.429. The van der Waals surface area contributed by atoms with Crippen LogP contribution in [0.15, 0.2) is 18.3 Å². The van der Waals surface area contributed by atoms with Crippen LogP contribution in [0.5, 0.6) is 0 Å². The van der Waals surface area contributed by atoms with E-state index >= 15 is 0 Å². The van der Waals surface area contributed by atoms with Crippen molar-refractivity contribution >= 4 is 11.3 Å². The van der Waals surface area contributed by atoms with Gasteiger partial charge >= 0.3 is 0 Å². The third kappa shape index (κ3) is 1.86. The largest absolute Gasteiger partial charge is 0.303 e. The summed E-state index contributed by atoms with van der Waals surface area (Å²) in [4.78, 5) is 15.8. The SMILES string of the molecule is CC(=O)Cc1ccc2c(C)nc(C3CC3)n2c1. The molecule has 17 heavy (non-hydrogen) atoms. The van der Waals surface area contributed by atoms with Crippen LogP contribution in [0, 0.1) is 6.92 Å². The van der Waals surface area contributed by atoms with Gasteiger partial charge in [0.25, 0.3) is 0 Å². The number of hydrogen-bond donors (Lipinski definition) is 0. The molecular formula is C14H16N2O. The molecule has 2 aromatic heterocycles. The molecule has 0 aliphatic heterocycles. The highest BCUT2D eigenvalue weighted by Crippen LogP contribution is 2.40. The van der Waals surface area contributed by atoms with E-state index in [1.54, 1.807) is 6.92 Å². The maximum atomic E-state index is 11.2. The van der Waals surface area contributed by atoms with Crippen molar-refractivity contribution in [3.63, 3.8) is 0 Å². The molecule has 0 spiro atoms. The van der Waals surface area contributed by atoms with E-state index < -0.39 is 0 Å². The maximum Gasteiger partial charge on any atom is 0.134 e. The normalized spacial score (nSPS) is 15.4. The molecule has 1 aliphatic carbocycles. The zero-order chi connectivity index (χ0) is 12.0. The molecule has 0 saturated heterocycles. The van der Waals surface area contributed by atoms with Crippen LogP contribution in [0.25, 0.3) is 5.52 Å². The zero-order valence-corrected chi connectivity index (χ0v) is 10.2. The third-order valence-electron chi connectivity index (χ3n) is 3.31. The molecule has 0 bridgehead atoms. The van der Waals surface area contributed by atoms with E-state index in [1.165, 1.54) is 24.2 Å². The standard InChI is InChI=1S/C14H16N2O/c1-9(17)7-11-3-6-13-10(2)15-14(12-4-5-12)16(13)8-11/h3,6,8,12H,4-5,7H2,1-2H3. The summed E-state index contributed by atoms with van der Waals surface area (Å²) in [6, 6.07) is 4.11. The van der Waals surface area contributed by atoms with Crippen LogP contribution in [0.3, 0.4) is 0 Å². The number of ketones is 1. The van der Waals surface area contributed by atoms with Crippen LogP contribution >= 0.6 is 0 Å². The number of aryl methyl sites for hydroxylation is 1. The second kappa shape index (κ2) is 3.69. The predicted molar refractivity (Wildman–Crippen MR) is 66.3 cm³/mol. The fourth-order valence-electron chi connectivity index (χ4n) is 2.33. The van der Waals surface area contributed by atoms with Crippen molar-refractivity contribution in [2.45, 2.75) is 39.0 Å². The quantitative estimate of drug-likeness (QED) is 0.809. The maximum absolute atomic E-state index is 11.2. The van der Waals surface area contributed by atoms with Crippen molar-refractivity contribution in [2.75, 3.05) is 0 Å². The minimum Gasteiger partial charge on any atom is -0.303 e. The van der Waals surface area contributed by atoms with Gasteiger partial charge in [0.15, 0.2) is 0 Å². The summed E-state index contributed by atoms with van der Waals surface area (Å²) in [6.07, 6.45) is 5.08. The number of hydrogen-bond acceptors (Lipinski definition) is 2. The first-order chi connectivity index (χ1) is 8.15. The van der Waals surface area contributed by atoms with Gasteiger partial charge in [-0.3, -0.25) is 4.79 Å². The lowest BCUT2D eigenvalue weighted by Crippen LogP contribution is -1.99. The lowest BCUT2D eigenvalue weighted by molar-refractivity contribution is -0.116. The highest BCUT2D eigenvalue weighted by Gasteiger charge is 2.28. The Kier molecular flexibility index (Phi) is 2.28. The molecule has 0 unspecified atom stereocenters. The smallest absolute Gasteiger partial charge is 0.134 e. The molecule has 0 amide bonds. The van der Waals surface area contributed by atoms with Crippen molar-refractivity contribution in [1.29, 1.82) is 0 Å². The van der Waals surface area contributed by atoms with Crippen molar-refractivity contribution in [1.82, 2.24) is 9.38 Å². The van der Waals surface area contributed by atoms with E-state index in [0.29, 0.717) is 12.3 Å². The first kappa shape index (κ1) is 10.5. The number of carbonyl (C=O) groups excluding carboxylic acids is 1. The second-order valence-electron chi connectivity index (χ2n) is 5.00. The molecular weight excluding hydrogens is 212 g/mol. The highest BCUT2D eigenvalue weighted by atomic mass is 16.1. The lowest BCUT2D eigenvalue weighted by atomic mass is 10.1. The molecule has 0 aromatic carbocycles. The van der Waals surface area contributed by atoms with Crippen LogP contribution in [-0.2, 0) is 11.2 Å². The molecule has 0 radical (unpaired) electrons. The van der Waals surface area contributed by atoms with E-state index in [-0.39, 0.29) is 5.78 Å². The van der Waals surface area contributed by atoms with Gasteiger partial charge < -0.3 is 4.40 Å². The Morgan fingerprint density at radius 3 is 2.88 bits per heavy atom. The summed E-state index contributed by atoms with van der Waals surface area (Å²) in [5.41, 5.74) is 3.32. The highest BCUT2D eigenvalue weighted by molar-refractivity contribution is 5.78. The van der Waals surface area contributed by atoms with Crippen molar-refractivity contribution in [3.05, 3.63) is 35.4 Å². The van der Waals surface area contributed by atoms with Gasteiger partial charge in [-0.1, -0.05) is 6.07 Å². The van der Waals surface area contributed by atoms with E-state index in [2.05, 4.69) is 21.6 Å². The first-order valence-corrected chi connectivity index (χ1v) is 6.12. The van der Waals surface area contributed by atoms with E-state index in [4.69, 9.17) is 0 Å². The fourth-order valence-corrected chi connectivity index (χ4v) is 2.33. The summed E-state index contributed by atoms with van der Waals surface area (Å²) >= 11 is 0. The Morgan fingerprint density at radius 1 is 1.47 bits per heavy atom. The van der Waals surface area contributed by atoms with Gasteiger partial charge in [-0.2, -0.15) is 0 Å². The second-order valence-corrected chi connectivity index (χ2v) is 5.00. The number of carbonyl (C=O) groups is 1. The molecule has 3 rings (SSSR count). The summed E-state index contributed by atoms with van der Waals surface area (Å²) in [7, 11) is 0. The van der Waals surface area contributed by atoms with Crippen LogP contribution in [0.1, 0.15) is 42.8 Å². The van der Waals surface area contributed by atoms with E-state index in [0.717, 1.165) is 11.3 Å². The lowest BCUT2D eigenvalue weighted by Gasteiger charge is -2.03. The molecule has 0 atom stereocenters. The number of nitrogens with zero attached hydrogens (tertiary/aromatic N) is 2. The van der Waals surface area contributed by atoms with Crippen LogP contribution < -0.4 is 0 Å². The van der Waals surface area contributed by atoms with Gasteiger partial charge in [0.2, 0.25) is 0 Å². The molecule has 3 heteroatoms. The minimum atomic E-state index is 0.203. The monoisotopic (exact) mass is 228 g/mol. The van der Waals surface area contributed by atoms with Crippen molar-refractivity contribution in [3.8, 4) is 0 Å². The molecule has 1 saturated carbocycles. The molecule has 2 heterocycles. The average Bonchev–Trinajstić information content (AvgIpc) is 3.04. The summed E-state index contributed by atoms with van der Waals surface area (Å²) in [5.74, 6) is 2.00. The van der Waals surface area contributed by atoms with Crippen LogP contribution in [0.4, 0.5) is 0 Å². The average molecular weight is 228 g/mol. The number of pyridine rings is 1. The molecule has 1 aliphatic rings. The Hall–Kier alpha value is -1.64. The van der Waals surface area contributed by atoms with Crippen LogP contribution in [-0.4, -0.2) is 15.2 Å². The summed E-state index contributed by atoms with van der Waals surface area (Å²) < 4.78 is 2.17. The van der Waals surface area contributed by atoms with Gasteiger partial charge in [0.05, 0.1) is 11.2 Å². The molecule has 88 valence electrons. The van der Waals surface area contributed by atoms with E-state index in [1.807, 2.05) is 13.0 Å². The van der Waals surface area contributed by atoms with Gasteiger partial charge in [-0.25, -0.2) is 4.98 Å². The zero-order valence-electron chi connectivity index (χ0n) is 10.2. The summed E-state index contributed by atoms with van der Waals surface area (Å²) in [6.45, 7) is 3.68. The van der Waals surface area contributed by atoms with E-state index in [9.17, 15) is 4.79 Å². The molecule has 3 nitrogen and oxygen atoms in total. The van der Waals surface area contributed by atoms with Gasteiger partial charge in [-0.05, 0) is 38.3 Å². The molecule has 2 aromatic rings. The van der Waals surface area contributed by atoms with Crippen molar-refractivity contribution < 1.29 is 4.79 Å². The topological polar surface area (TPSA) is 34.4 Å². The Bertz CT molecular complexity index is 594. The Morgan fingerprint density at radius 2 is 2.24 bits per heavy atom. The molecule has 1 fully saturated rings. The van der Waals surface area contributed by atoms with Gasteiger partial charge in [0.1, 0.15) is 11.6 Å². The minimum absolute atomic E-state index is 0.203. The number of Topliss-reactive ketones (excluding diaryl/α,β-unsaturated/α-hetero) is 1. The number of imidazole rings is 1. The number of fused-ring (bicyclic) bond motifs is 1. The van der Waals surface area contributed by atoms with Crippen molar-refractivity contribution in [2.24, 2.45) is 0 Å². The predicted octanol–water partition coefficient (Wildman–Crippen LogP) is 2.65. The number of rotatable bonds is 3. The Balaban J connectivity index is 2.12. The van der Waals surface area contributed by atoms with Crippen LogP contribution in [0.2, 0.25) is 0 Å².